The van der Waals surface area contributed by atoms with Crippen LogP contribution in [-0.2, 0) is 22.4 Å². The number of carbonyl (C=O) groups is 2. The lowest BCUT2D eigenvalue weighted by Crippen LogP contribution is -2.28. The number of benzene rings is 1. The third kappa shape index (κ3) is 4.21. The van der Waals surface area contributed by atoms with Gasteiger partial charge in [-0.15, -0.1) is 0 Å². The summed E-state index contributed by atoms with van der Waals surface area (Å²) < 4.78 is 0. The van der Waals surface area contributed by atoms with Gasteiger partial charge in [-0.2, -0.15) is 11.3 Å². The molecule has 6 heteroatoms. The van der Waals surface area contributed by atoms with Crippen LogP contribution in [0.15, 0.2) is 35.0 Å². The van der Waals surface area contributed by atoms with Crippen molar-refractivity contribution in [2.75, 3.05) is 11.9 Å². The van der Waals surface area contributed by atoms with Crippen molar-refractivity contribution in [3.63, 3.8) is 0 Å². The summed E-state index contributed by atoms with van der Waals surface area (Å²) in [6, 6.07) is 7.80. The van der Waals surface area contributed by atoms with Gasteiger partial charge >= 0.3 is 0 Å². The first kappa shape index (κ1) is 16.7. The molecular weight excluding hydrogens is 324 g/mol. The van der Waals surface area contributed by atoms with Gasteiger partial charge in [-0.05, 0) is 52.4 Å². The number of aliphatic hydroxyl groups excluding tert-OH is 1. The number of hydrogen-bond acceptors (Lipinski definition) is 4. The predicted molar refractivity (Wildman–Crippen MR) is 94.0 cm³/mol. The zero-order valence-corrected chi connectivity index (χ0v) is 14.1. The third-order valence-corrected chi connectivity index (χ3v) is 4.79. The molecule has 0 fully saturated rings. The van der Waals surface area contributed by atoms with Crippen LogP contribution in [-0.4, -0.2) is 23.5 Å². The molecular formula is C18H20N2O3S. The quantitative estimate of drug-likeness (QED) is 0.722. The molecule has 1 atom stereocenters. The molecule has 1 aliphatic rings. The van der Waals surface area contributed by atoms with E-state index < -0.39 is 6.10 Å². The Labute approximate surface area is 144 Å². The molecule has 2 heterocycles. The molecule has 1 aromatic carbocycles. The first-order valence-electron chi connectivity index (χ1n) is 8.00. The molecule has 0 saturated heterocycles. The third-order valence-electron chi connectivity index (χ3n) is 4.08. The van der Waals surface area contributed by atoms with Gasteiger partial charge in [0.2, 0.25) is 11.8 Å². The van der Waals surface area contributed by atoms with E-state index in [0.29, 0.717) is 12.8 Å². The Morgan fingerprint density at radius 1 is 1.38 bits per heavy atom. The highest BCUT2D eigenvalue weighted by Gasteiger charge is 2.17. The number of rotatable bonds is 7. The van der Waals surface area contributed by atoms with Crippen molar-refractivity contribution in [3.8, 4) is 0 Å². The van der Waals surface area contributed by atoms with Gasteiger partial charge in [0.1, 0.15) is 0 Å². The molecule has 0 aliphatic carbocycles. The fraction of sp³-hybridized carbons (Fsp3) is 0.333. The second kappa shape index (κ2) is 7.59. The summed E-state index contributed by atoms with van der Waals surface area (Å²) in [5, 5.41) is 19.3. The number of aryl methyl sites for hydroxylation is 1. The SMILES string of the molecule is O=C(CCCc1ccc2c(c1)CC(=O)N2)NCC(O)c1ccsc1. The van der Waals surface area contributed by atoms with Crippen molar-refractivity contribution < 1.29 is 14.7 Å². The number of carbonyl (C=O) groups excluding carboxylic acids is 2. The van der Waals surface area contributed by atoms with Gasteiger partial charge < -0.3 is 15.7 Å². The highest BCUT2D eigenvalue weighted by atomic mass is 32.1. The zero-order chi connectivity index (χ0) is 16.9. The Kier molecular flexibility index (Phi) is 5.27. The Hall–Kier alpha value is -2.18. The molecule has 2 amide bonds. The van der Waals surface area contributed by atoms with E-state index in [9.17, 15) is 14.7 Å². The fourth-order valence-corrected chi connectivity index (χ4v) is 3.48. The molecule has 24 heavy (non-hydrogen) atoms. The molecule has 5 nitrogen and oxygen atoms in total. The molecule has 126 valence electrons. The number of hydrogen-bond donors (Lipinski definition) is 3. The van der Waals surface area contributed by atoms with Crippen molar-refractivity contribution in [3.05, 3.63) is 51.7 Å². The number of amides is 2. The van der Waals surface area contributed by atoms with E-state index in [0.717, 1.165) is 35.2 Å². The van der Waals surface area contributed by atoms with E-state index in [1.54, 1.807) is 0 Å². The van der Waals surface area contributed by atoms with Crippen molar-refractivity contribution in [2.24, 2.45) is 0 Å². The lowest BCUT2D eigenvalue weighted by atomic mass is 10.0. The average Bonchev–Trinajstić information content (AvgIpc) is 3.20. The lowest BCUT2D eigenvalue weighted by molar-refractivity contribution is -0.121. The summed E-state index contributed by atoms with van der Waals surface area (Å²) in [4.78, 5) is 23.2. The summed E-state index contributed by atoms with van der Waals surface area (Å²) in [5.41, 5.74) is 3.89. The standard InChI is InChI=1S/C18H20N2O3S/c21-16(13-6-7-24-11-13)10-19-17(22)3-1-2-12-4-5-15-14(8-12)9-18(23)20-15/h4-8,11,16,21H,1-3,9-10H2,(H,19,22)(H,20,23). The second-order valence-electron chi connectivity index (χ2n) is 5.95. The van der Waals surface area contributed by atoms with Gasteiger partial charge in [0, 0.05) is 18.7 Å². The van der Waals surface area contributed by atoms with Crippen molar-refractivity contribution in [1.82, 2.24) is 5.32 Å². The number of thiophene rings is 1. The van der Waals surface area contributed by atoms with Gasteiger partial charge in [-0.25, -0.2) is 0 Å². The maximum atomic E-state index is 11.9. The van der Waals surface area contributed by atoms with Crippen LogP contribution in [0.25, 0.3) is 0 Å². The van der Waals surface area contributed by atoms with Crippen LogP contribution in [0.5, 0.6) is 0 Å². The molecule has 0 spiro atoms. The largest absolute Gasteiger partial charge is 0.387 e. The van der Waals surface area contributed by atoms with Crippen LogP contribution in [0.2, 0.25) is 0 Å². The summed E-state index contributed by atoms with van der Waals surface area (Å²) in [5.74, 6) is -0.0204. The number of fused-ring (bicyclic) bond motifs is 1. The monoisotopic (exact) mass is 344 g/mol. The topological polar surface area (TPSA) is 78.4 Å². The van der Waals surface area contributed by atoms with Crippen molar-refractivity contribution in [1.29, 1.82) is 0 Å². The second-order valence-corrected chi connectivity index (χ2v) is 6.73. The van der Waals surface area contributed by atoms with E-state index >= 15 is 0 Å². The Bertz CT molecular complexity index is 728. The van der Waals surface area contributed by atoms with Crippen LogP contribution in [0, 0.1) is 0 Å². The molecule has 0 radical (unpaired) electrons. The van der Waals surface area contributed by atoms with Gasteiger partial charge in [-0.3, -0.25) is 9.59 Å². The van der Waals surface area contributed by atoms with Gasteiger partial charge in [0.05, 0.1) is 12.5 Å². The molecule has 1 aromatic heterocycles. The minimum absolute atomic E-state index is 0.0331. The fourth-order valence-electron chi connectivity index (χ4n) is 2.77. The molecule has 3 N–H and O–H groups in total. The molecule has 3 rings (SSSR count). The van der Waals surface area contributed by atoms with Gasteiger partial charge in [0.15, 0.2) is 0 Å². The molecule has 0 bridgehead atoms. The number of aliphatic hydroxyl groups is 1. The summed E-state index contributed by atoms with van der Waals surface area (Å²) >= 11 is 1.52. The van der Waals surface area contributed by atoms with Crippen LogP contribution >= 0.6 is 11.3 Å². The molecule has 1 aliphatic heterocycles. The van der Waals surface area contributed by atoms with E-state index in [2.05, 4.69) is 10.6 Å². The van der Waals surface area contributed by atoms with E-state index in [1.807, 2.05) is 35.0 Å². The summed E-state index contributed by atoms with van der Waals surface area (Å²) in [6.45, 7) is 0.238. The molecule has 1 unspecified atom stereocenters. The van der Waals surface area contributed by atoms with E-state index in [1.165, 1.54) is 11.3 Å². The minimum atomic E-state index is -0.651. The predicted octanol–water partition coefficient (Wildman–Crippen LogP) is 2.42. The van der Waals surface area contributed by atoms with Crippen molar-refractivity contribution in [2.45, 2.75) is 31.8 Å². The summed E-state index contributed by atoms with van der Waals surface area (Å²) in [6.07, 6.45) is 1.74. The van der Waals surface area contributed by atoms with E-state index in [-0.39, 0.29) is 18.4 Å². The van der Waals surface area contributed by atoms with Crippen LogP contribution in [0.1, 0.15) is 35.6 Å². The average molecular weight is 344 g/mol. The first-order valence-corrected chi connectivity index (χ1v) is 8.94. The highest BCUT2D eigenvalue weighted by Crippen LogP contribution is 2.24. The highest BCUT2D eigenvalue weighted by molar-refractivity contribution is 7.07. The van der Waals surface area contributed by atoms with Crippen LogP contribution in [0.3, 0.4) is 0 Å². The number of anilines is 1. The first-order chi connectivity index (χ1) is 11.6. The van der Waals surface area contributed by atoms with E-state index in [4.69, 9.17) is 0 Å². The summed E-state index contributed by atoms with van der Waals surface area (Å²) in [7, 11) is 0. The Morgan fingerprint density at radius 2 is 2.25 bits per heavy atom. The molecule has 2 aromatic rings. The van der Waals surface area contributed by atoms with Crippen molar-refractivity contribution >= 4 is 28.8 Å². The van der Waals surface area contributed by atoms with Crippen LogP contribution < -0.4 is 10.6 Å². The maximum absolute atomic E-state index is 11.9. The maximum Gasteiger partial charge on any atom is 0.228 e. The normalized spacial score (nSPS) is 14.1. The Balaban J connectivity index is 1.39. The Morgan fingerprint density at radius 3 is 3.04 bits per heavy atom. The lowest BCUT2D eigenvalue weighted by Gasteiger charge is -2.10. The zero-order valence-electron chi connectivity index (χ0n) is 13.2. The van der Waals surface area contributed by atoms with Crippen LogP contribution in [0.4, 0.5) is 5.69 Å². The smallest absolute Gasteiger partial charge is 0.228 e. The molecule has 0 saturated carbocycles. The number of nitrogens with one attached hydrogen (secondary N) is 2. The van der Waals surface area contributed by atoms with Gasteiger partial charge in [-0.1, -0.05) is 12.1 Å². The minimum Gasteiger partial charge on any atom is -0.387 e. The van der Waals surface area contributed by atoms with Gasteiger partial charge in [0.25, 0.3) is 0 Å².